The fourth-order valence-corrected chi connectivity index (χ4v) is 2.49. The van der Waals surface area contributed by atoms with Gasteiger partial charge in [0.2, 0.25) is 0 Å². The molecule has 0 amide bonds. The highest BCUT2D eigenvalue weighted by Crippen LogP contribution is 2.30. The van der Waals surface area contributed by atoms with Crippen molar-refractivity contribution < 1.29 is 14.3 Å². The number of carbonyl (C=O) groups excluding carboxylic acids is 1. The van der Waals surface area contributed by atoms with Gasteiger partial charge in [0, 0.05) is 23.2 Å². The molecule has 1 saturated heterocycles. The van der Waals surface area contributed by atoms with E-state index in [9.17, 15) is 4.79 Å². The molecule has 0 bridgehead atoms. The summed E-state index contributed by atoms with van der Waals surface area (Å²) in [6, 6.07) is 5.43. The standard InChI is InChI=1S/C13H15BrClNO3/c1-2-19-12(17)13(5-6-18-8-13)16-9-3-4-11(15)10(14)7-9/h3-4,7,16H,2,5-6,8H2,1H3. The fourth-order valence-electron chi connectivity index (χ4n) is 1.99. The first-order valence-electron chi connectivity index (χ1n) is 6.05. The summed E-state index contributed by atoms with van der Waals surface area (Å²) in [7, 11) is 0. The highest BCUT2D eigenvalue weighted by Gasteiger charge is 2.43. The number of carbonyl (C=O) groups is 1. The lowest BCUT2D eigenvalue weighted by atomic mass is 9.98. The molecule has 1 aromatic carbocycles. The van der Waals surface area contributed by atoms with E-state index in [1.54, 1.807) is 13.0 Å². The van der Waals surface area contributed by atoms with Gasteiger partial charge >= 0.3 is 5.97 Å². The van der Waals surface area contributed by atoms with Crippen LogP contribution in [0.2, 0.25) is 5.02 Å². The van der Waals surface area contributed by atoms with Crippen LogP contribution in [0.25, 0.3) is 0 Å². The van der Waals surface area contributed by atoms with Crippen LogP contribution in [0.3, 0.4) is 0 Å². The maximum Gasteiger partial charge on any atom is 0.334 e. The Morgan fingerprint density at radius 3 is 3.00 bits per heavy atom. The molecule has 1 fully saturated rings. The normalized spacial score (nSPS) is 22.3. The van der Waals surface area contributed by atoms with Gasteiger partial charge < -0.3 is 14.8 Å². The Kier molecular flexibility index (Phi) is 4.71. The molecule has 104 valence electrons. The summed E-state index contributed by atoms with van der Waals surface area (Å²) in [5, 5.41) is 3.84. The van der Waals surface area contributed by atoms with Crippen molar-refractivity contribution in [3.8, 4) is 0 Å². The van der Waals surface area contributed by atoms with Crippen molar-refractivity contribution in [1.82, 2.24) is 0 Å². The van der Waals surface area contributed by atoms with E-state index < -0.39 is 5.54 Å². The first-order valence-corrected chi connectivity index (χ1v) is 7.23. The summed E-state index contributed by atoms with van der Waals surface area (Å²) in [6.45, 7) is 3.00. The largest absolute Gasteiger partial charge is 0.464 e. The third kappa shape index (κ3) is 3.22. The Balaban J connectivity index is 2.21. The van der Waals surface area contributed by atoms with Gasteiger partial charge in [0.25, 0.3) is 0 Å². The Morgan fingerprint density at radius 2 is 2.42 bits per heavy atom. The van der Waals surface area contributed by atoms with E-state index in [0.717, 1.165) is 10.2 Å². The van der Waals surface area contributed by atoms with Gasteiger partial charge in [-0.25, -0.2) is 4.79 Å². The summed E-state index contributed by atoms with van der Waals surface area (Å²) < 4.78 is 11.3. The number of rotatable bonds is 4. The summed E-state index contributed by atoms with van der Waals surface area (Å²) in [4.78, 5) is 12.1. The Hall–Kier alpha value is -0.780. The van der Waals surface area contributed by atoms with Crippen molar-refractivity contribution >= 4 is 39.2 Å². The van der Waals surface area contributed by atoms with Gasteiger partial charge in [-0.05, 0) is 41.1 Å². The summed E-state index contributed by atoms with van der Waals surface area (Å²) >= 11 is 9.31. The van der Waals surface area contributed by atoms with E-state index in [1.165, 1.54) is 0 Å². The van der Waals surface area contributed by atoms with Gasteiger partial charge in [0.05, 0.1) is 18.2 Å². The molecule has 0 saturated carbocycles. The van der Waals surface area contributed by atoms with Crippen molar-refractivity contribution in [3.05, 3.63) is 27.7 Å². The minimum absolute atomic E-state index is 0.279. The Bertz CT molecular complexity index is 475. The molecule has 1 aliphatic heterocycles. The van der Waals surface area contributed by atoms with E-state index in [-0.39, 0.29) is 5.97 Å². The molecule has 0 aromatic heterocycles. The van der Waals surface area contributed by atoms with Crippen LogP contribution >= 0.6 is 27.5 Å². The first-order chi connectivity index (χ1) is 9.07. The number of hydrogen-bond acceptors (Lipinski definition) is 4. The molecule has 0 radical (unpaired) electrons. The van der Waals surface area contributed by atoms with Gasteiger partial charge in [-0.2, -0.15) is 0 Å². The average Bonchev–Trinajstić information content (AvgIpc) is 2.84. The summed E-state index contributed by atoms with van der Waals surface area (Å²) in [5.74, 6) is -0.279. The van der Waals surface area contributed by atoms with E-state index in [4.69, 9.17) is 21.1 Å². The number of nitrogens with one attached hydrogen (secondary N) is 1. The van der Waals surface area contributed by atoms with Crippen LogP contribution in [0.5, 0.6) is 0 Å². The monoisotopic (exact) mass is 347 g/mol. The number of anilines is 1. The van der Waals surface area contributed by atoms with Gasteiger partial charge in [-0.1, -0.05) is 11.6 Å². The lowest BCUT2D eigenvalue weighted by molar-refractivity contribution is -0.148. The molecule has 19 heavy (non-hydrogen) atoms. The molecule has 1 aromatic rings. The van der Waals surface area contributed by atoms with E-state index in [0.29, 0.717) is 31.3 Å². The molecule has 4 nitrogen and oxygen atoms in total. The highest BCUT2D eigenvalue weighted by molar-refractivity contribution is 9.10. The molecule has 1 aliphatic rings. The topological polar surface area (TPSA) is 47.6 Å². The smallest absolute Gasteiger partial charge is 0.334 e. The van der Waals surface area contributed by atoms with Gasteiger partial charge in [0.15, 0.2) is 5.54 Å². The number of halogens is 2. The predicted molar refractivity (Wildman–Crippen MR) is 77.6 cm³/mol. The predicted octanol–water partition coefficient (Wildman–Crippen LogP) is 3.24. The van der Waals surface area contributed by atoms with Crippen LogP contribution in [0.1, 0.15) is 13.3 Å². The van der Waals surface area contributed by atoms with Gasteiger partial charge in [-0.3, -0.25) is 0 Å². The van der Waals surface area contributed by atoms with Crippen LogP contribution in [0.15, 0.2) is 22.7 Å². The van der Waals surface area contributed by atoms with Crippen molar-refractivity contribution in [1.29, 1.82) is 0 Å². The molecular weight excluding hydrogens is 334 g/mol. The Labute approximate surface area is 125 Å². The zero-order valence-corrected chi connectivity index (χ0v) is 12.9. The van der Waals surface area contributed by atoms with Crippen LogP contribution in [-0.2, 0) is 14.3 Å². The lowest BCUT2D eigenvalue weighted by Gasteiger charge is -2.27. The van der Waals surface area contributed by atoms with Gasteiger partial charge in [-0.15, -0.1) is 0 Å². The summed E-state index contributed by atoms with van der Waals surface area (Å²) in [5.41, 5.74) is -0.00154. The minimum atomic E-state index is -0.802. The van der Waals surface area contributed by atoms with E-state index in [1.807, 2.05) is 12.1 Å². The van der Waals surface area contributed by atoms with Crippen molar-refractivity contribution in [2.45, 2.75) is 18.9 Å². The lowest BCUT2D eigenvalue weighted by Crippen LogP contribution is -2.48. The average molecular weight is 349 g/mol. The van der Waals surface area contributed by atoms with Crippen LogP contribution in [0, 0.1) is 0 Å². The number of ether oxygens (including phenoxy) is 2. The number of hydrogen-bond donors (Lipinski definition) is 1. The number of esters is 1. The van der Waals surface area contributed by atoms with E-state index >= 15 is 0 Å². The quantitative estimate of drug-likeness (QED) is 0.849. The first kappa shape index (κ1) is 14.6. The zero-order chi connectivity index (χ0) is 13.9. The fraction of sp³-hybridized carbons (Fsp3) is 0.462. The van der Waals surface area contributed by atoms with E-state index in [2.05, 4.69) is 21.2 Å². The SMILES string of the molecule is CCOC(=O)C1(Nc2ccc(Cl)c(Br)c2)CCOC1. The van der Waals surface area contributed by atoms with Crippen LogP contribution in [0.4, 0.5) is 5.69 Å². The maximum absolute atomic E-state index is 12.1. The molecule has 1 unspecified atom stereocenters. The highest BCUT2D eigenvalue weighted by atomic mass is 79.9. The van der Waals surface area contributed by atoms with Crippen molar-refractivity contribution in [2.24, 2.45) is 0 Å². The minimum Gasteiger partial charge on any atom is -0.464 e. The Morgan fingerprint density at radius 1 is 1.63 bits per heavy atom. The molecule has 2 rings (SSSR count). The second-order valence-corrected chi connectivity index (χ2v) is 5.62. The second kappa shape index (κ2) is 6.11. The molecule has 1 atom stereocenters. The maximum atomic E-state index is 12.1. The molecule has 6 heteroatoms. The molecule has 0 spiro atoms. The molecule has 1 heterocycles. The van der Waals surface area contributed by atoms with Crippen LogP contribution < -0.4 is 5.32 Å². The van der Waals surface area contributed by atoms with Gasteiger partial charge in [0.1, 0.15) is 0 Å². The third-order valence-electron chi connectivity index (χ3n) is 2.99. The van der Waals surface area contributed by atoms with Crippen molar-refractivity contribution in [2.75, 3.05) is 25.1 Å². The second-order valence-electron chi connectivity index (χ2n) is 4.36. The third-order valence-corrected chi connectivity index (χ3v) is 4.20. The molecular formula is C13H15BrClNO3. The zero-order valence-electron chi connectivity index (χ0n) is 10.5. The van der Waals surface area contributed by atoms with Crippen LogP contribution in [-0.4, -0.2) is 31.3 Å². The summed E-state index contributed by atoms with van der Waals surface area (Å²) in [6.07, 6.45) is 0.589. The molecule has 1 N–H and O–H groups in total. The molecule has 0 aliphatic carbocycles. The number of benzene rings is 1. The van der Waals surface area contributed by atoms with Crippen molar-refractivity contribution in [3.63, 3.8) is 0 Å².